The van der Waals surface area contributed by atoms with E-state index in [1.165, 1.54) is 12.5 Å². The van der Waals surface area contributed by atoms with Gasteiger partial charge in [-0.3, -0.25) is 24.0 Å². The molecular formula is C37H43N9O8. The number of benzene rings is 2. The molecule has 0 saturated carbocycles. The average Bonchev–Trinajstić information content (AvgIpc) is 3.90. The van der Waals surface area contributed by atoms with Crippen LogP contribution in [-0.2, 0) is 48.0 Å². The normalized spacial score (nSPS) is 14.1. The molecule has 0 radical (unpaired) electrons. The Morgan fingerprint density at radius 3 is 1.74 bits per heavy atom. The average molecular weight is 742 g/mol. The van der Waals surface area contributed by atoms with Crippen LogP contribution < -0.4 is 27.0 Å². The molecule has 0 bridgehead atoms. The van der Waals surface area contributed by atoms with Crippen LogP contribution in [0.15, 0.2) is 73.4 Å². The number of hydrogen-bond donors (Lipinski definition) is 10. The molecule has 0 spiro atoms. The van der Waals surface area contributed by atoms with Crippen molar-refractivity contribution < 1.29 is 39.0 Å². The molecule has 0 fully saturated rings. The number of carbonyl (C=O) groups excluding carboxylic acids is 4. The van der Waals surface area contributed by atoms with E-state index in [2.05, 4.69) is 41.2 Å². The van der Waals surface area contributed by atoms with Gasteiger partial charge in [-0.25, -0.2) is 9.78 Å². The highest BCUT2D eigenvalue weighted by atomic mass is 16.4. The number of carbonyl (C=O) groups is 6. The molecule has 5 atom stereocenters. The van der Waals surface area contributed by atoms with E-state index in [9.17, 15) is 39.0 Å². The molecule has 0 aliphatic rings. The predicted octanol–water partition coefficient (Wildman–Crippen LogP) is 0.882. The maximum Gasteiger partial charge on any atom is 0.326 e. The van der Waals surface area contributed by atoms with Crippen molar-refractivity contribution in [2.24, 2.45) is 11.7 Å². The molecule has 0 saturated heterocycles. The molecule has 17 heteroatoms. The number of amides is 4. The van der Waals surface area contributed by atoms with Crippen LogP contribution in [0.4, 0.5) is 0 Å². The van der Waals surface area contributed by atoms with Gasteiger partial charge < -0.3 is 52.2 Å². The van der Waals surface area contributed by atoms with Crippen molar-refractivity contribution in [3.05, 3.63) is 90.3 Å². The number of fused-ring (bicyclic) bond motifs is 2. The number of hydrogen-bond acceptors (Lipinski definition) is 8. The number of nitrogens with two attached hydrogens (primary N) is 1. The van der Waals surface area contributed by atoms with E-state index < -0.39 is 78.1 Å². The second kappa shape index (κ2) is 17.4. The van der Waals surface area contributed by atoms with Gasteiger partial charge in [-0.15, -0.1) is 0 Å². The SMILES string of the molecule is CC(C)[C@H](NC(=O)[C@H](Cc1c[nH]c2ccccc12)NC(=O)[C@H](Cc1cnc[nH]1)NC(=O)[C@H](CC(=O)O)NC(=O)[C@@H](N)Cc1c[nH]c2ccccc12)C(=O)O. The minimum absolute atomic E-state index is 0.0528. The van der Waals surface area contributed by atoms with Gasteiger partial charge in [-0.2, -0.15) is 0 Å². The minimum Gasteiger partial charge on any atom is -0.481 e. The van der Waals surface area contributed by atoms with E-state index in [1.54, 1.807) is 26.2 Å². The van der Waals surface area contributed by atoms with Crippen molar-refractivity contribution in [2.45, 2.75) is 69.7 Å². The second-order valence-electron chi connectivity index (χ2n) is 13.4. The first-order chi connectivity index (χ1) is 25.8. The summed E-state index contributed by atoms with van der Waals surface area (Å²) in [4.78, 5) is 91.5. The van der Waals surface area contributed by atoms with Gasteiger partial charge in [-0.05, 0) is 35.6 Å². The van der Waals surface area contributed by atoms with Crippen LogP contribution in [0, 0.1) is 5.92 Å². The third-order valence-electron chi connectivity index (χ3n) is 9.04. The molecule has 4 amide bonds. The number of nitrogens with one attached hydrogen (secondary N) is 7. The smallest absolute Gasteiger partial charge is 0.326 e. The lowest BCUT2D eigenvalue weighted by molar-refractivity contribution is -0.143. The van der Waals surface area contributed by atoms with Crippen LogP contribution in [-0.4, -0.2) is 95.9 Å². The van der Waals surface area contributed by atoms with Gasteiger partial charge >= 0.3 is 11.9 Å². The van der Waals surface area contributed by atoms with E-state index in [-0.39, 0.29) is 19.3 Å². The first-order valence-corrected chi connectivity index (χ1v) is 17.3. The molecule has 284 valence electrons. The largest absolute Gasteiger partial charge is 0.481 e. The monoisotopic (exact) mass is 741 g/mol. The number of carboxylic acid groups (broad SMARTS) is 2. The summed E-state index contributed by atoms with van der Waals surface area (Å²) in [5.41, 5.74) is 9.65. The van der Waals surface area contributed by atoms with E-state index in [4.69, 9.17) is 5.73 Å². The summed E-state index contributed by atoms with van der Waals surface area (Å²) in [6.45, 7) is 3.26. The van der Waals surface area contributed by atoms with E-state index in [0.717, 1.165) is 27.4 Å². The van der Waals surface area contributed by atoms with Crippen molar-refractivity contribution in [2.75, 3.05) is 0 Å². The quantitative estimate of drug-likeness (QED) is 0.0605. The van der Waals surface area contributed by atoms with Gasteiger partial charge in [0.1, 0.15) is 24.2 Å². The molecule has 5 rings (SSSR count). The van der Waals surface area contributed by atoms with Gasteiger partial charge in [0, 0.05) is 58.9 Å². The molecule has 2 aromatic carbocycles. The number of aliphatic carboxylic acids is 2. The fourth-order valence-corrected chi connectivity index (χ4v) is 6.16. The lowest BCUT2D eigenvalue weighted by atomic mass is 10.0. The zero-order valence-corrected chi connectivity index (χ0v) is 29.6. The summed E-state index contributed by atoms with van der Waals surface area (Å²) in [5.74, 6) is -6.54. The lowest BCUT2D eigenvalue weighted by Crippen LogP contribution is -2.60. The Morgan fingerprint density at radius 1 is 0.685 bits per heavy atom. The lowest BCUT2D eigenvalue weighted by Gasteiger charge is -2.26. The summed E-state index contributed by atoms with van der Waals surface area (Å²) in [7, 11) is 0. The summed E-state index contributed by atoms with van der Waals surface area (Å²) < 4.78 is 0. The van der Waals surface area contributed by atoms with Gasteiger partial charge in [0.15, 0.2) is 0 Å². The predicted molar refractivity (Wildman–Crippen MR) is 197 cm³/mol. The van der Waals surface area contributed by atoms with Crippen molar-refractivity contribution >= 4 is 57.4 Å². The topological polar surface area (TPSA) is 277 Å². The van der Waals surface area contributed by atoms with Gasteiger partial charge in [0.05, 0.1) is 18.8 Å². The van der Waals surface area contributed by atoms with Gasteiger partial charge in [0.2, 0.25) is 23.6 Å². The summed E-state index contributed by atoms with van der Waals surface area (Å²) in [5, 5.41) is 31.2. The minimum atomic E-state index is -1.63. The number of imidazole rings is 1. The maximum atomic E-state index is 14.0. The van der Waals surface area contributed by atoms with Crippen LogP contribution in [0.2, 0.25) is 0 Å². The molecule has 54 heavy (non-hydrogen) atoms. The zero-order valence-electron chi connectivity index (χ0n) is 29.6. The third kappa shape index (κ3) is 9.68. The fourth-order valence-electron chi connectivity index (χ4n) is 6.16. The van der Waals surface area contributed by atoms with Crippen LogP contribution in [0.5, 0.6) is 0 Å². The Labute approximate surface area is 308 Å². The van der Waals surface area contributed by atoms with Crippen molar-refractivity contribution in [3.8, 4) is 0 Å². The molecule has 17 nitrogen and oxygen atoms in total. The summed E-state index contributed by atoms with van der Waals surface area (Å²) in [6.07, 6.45) is 5.21. The van der Waals surface area contributed by atoms with Crippen molar-refractivity contribution in [1.82, 2.24) is 41.2 Å². The molecule has 3 aromatic heterocycles. The number of aromatic amines is 3. The fraction of sp³-hybridized carbons (Fsp3) is 0.324. The Hall–Kier alpha value is -6.49. The Kier molecular flexibility index (Phi) is 12.4. The summed E-state index contributed by atoms with van der Waals surface area (Å²) >= 11 is 0. The van der Waals surface area contributed by atoms with Crippen LogP contribution in [0.3, 0.4) is 0 Å². The van der Waals surface area contributed by atoms with Crippen LogP contribution in [0.25, 0.3) is 21.8 Å². The third-order valence-corrected chi connectivity index (χ3v) is 9.04. The maximum absolute atomic E-state index is 14.0. The highest BCUT2D eigenvalue weighted by Gasteiger charge is 2.34. The molecule has 5 aromatic rings. The van der Waals surface area contributed by atoms with E-state index >= 15 is 0 Å². The number of nitrogens with zero attached hydrogens (tertiary/aromatic N) is 1. The Balaban J connectivity index is 1.36. The second-order valence-corrected chi connectivity index (χ2v) is 13.4. The Bertz CT molecular complexity index is 2120. The Morgan fingerprint density at radius 2 is 1.20 bits per heavy atom. The van der Waals surface area contributed by atoms with Crippen molar-refractivity contribution in [3.63, 3.8) is 0 Å². The molecule has 0 unspecified atom stereocenters. The standard InChI is InChI=1S/C37H43N9O8/c1-19(2)32(37(53)54)46-36(52)28(12-21-16-41-27-10-6-4-8-24(21)27)44-34(50)29(13-22-17-39-18-42-22)45-35(51)30(14-31(47)48)43-33(49)25(38)11-20-15-40-26-9-5-3-7-23(20)26/h3-10,15-19,25,28-30,32,40-41H,11-14,38H2,1-2H3,(H,39,42)(H,43,49)(H,44,50)(H,45,51)(H,46,52)(H,47,48)(H,53,54)/t25-,28-,29-,30-,32-/m0/s1. The van der Waals surface area contributed by atoms with Crippen LogP contribution in [0.1, 0.15) is 37.1 Å². The van der Waals surface area contributed by atoms with Crippen molar-refractivity contribution in [1.29, 1.82) is 0 Å². The highest BCUT2D eigenvalue weighted by molar-refractivity contribution is 5.97. The highest BCUT2D eigenvalue weighted by Crippen LogP contribution is 2.21. The molecule has 0 aliphatic carbocycles. The number of rotatable bonds is 18. The number of para-hydroxylation sites is 2. The van der Waals surface area contributed by atoms with Gasteiger partial charge in [-0.1, -0.05) is 50.2 Å². The van der Waals surface area contributed by atoms with E-state index in [0.29, 0.717) is 11.3 Å². The van der Waals surface area contributed by atoms with Gasteiger partial charge in [0.25, 0.3) is 0 Å². The van der Waals surface area contributed by atoms with E-state index in [1.807, 2.05) is 48.5 Å². The number of carboxylic acids is 2. The first kappa shape index (κ1) is 38.7. The number of aromatic nitrogens is 4. The first-order valence-electron chi connectivity index (χ1n) is 17.3. The zero-order chi connectivity index (χ0) is 38.9. The summed E-state index contributed by atoms with van der Waals surface area (Å²) in [6, 6.07) is 7.95. The molecule has 3 heterocycles. The number of H-pyrrole nitrogens is 3. The molecule has 0 aliphatic heterocycles. The van der Waals surface area contributed by atoms with Crippen LogP contribution >= 0.6 is 0 Å². The molecular weight excluding hydrogens is 698 g/mol. The molecule has 11 N–H and O–H groups in total.